The van der Waals surface area contributed by atoms with Gasteiger partial charge in [0.1, 0.15) is 13.2 Å². The van der Waals surface area contributed by atoms with E-state index in [9.17, 15) is 14.2 Å². The van der Waals surface area contributed by atoms with Crippen molar-refractivity contribution in [3.8, 4) is 0 Å². The smallest absolute Gasteiger partial charge is 0.327 e. The topological polar surface area (TPSA) is 105 Å². The molecule has 182 valence electrons. The van der Waals surface area contributed by atoms with Crippen molar-refractivity contribution in [2.45, 2.75) is 116 Å². The minimum atomic E-state index is -0.729. The first kappa shape index (κ1) is 30.0. The van der Waals surface area contributed by atoms with E-state index in [4.69, 9.17) is 19.7 Å². The molecule has 0 rings (SSSR count). The van der Waals surface area contributed by atoms with Crippen molar-refractivity contribution in [3.05, 3.63) is 0 Å². The summed E-state index contributed by atoms with van der Waals surface area (Å²) in [7, 11) is -0.491. The van der Waals surface area contributed by atoms with Crippen LogP contribution in [-0.2, 0) is 28.2 Å². The van der Waals surface area contributed by atoms with Crippen molar-refractivity contribution >= 4 is 20.6 Å². The van der Waals surface area contributed by atoms with Gasteiger partial charge < -0.3 is 15.2 Å². The van der Waals surface area contributed by atoms with E-state index >= 15 is 0 Å². The average Bonchev–Trinajstić information content (AvgIpc) is 2.76. The number of nitrogens with two attached hydrogens (primary N) is 1. The van der Waals surface area contributed by atoms with Crippen LogP contribution < -0.4 is 5.73 Å². The number of hydrogen-bond acceptors (Lipinski definition) is 7. The van der Waals surface area contributed by atoms with Gasteiger partial charge >= 0.3 is 20.6 Å². The Hall–Kier alpha value is -1.04. The number of unbranched alkanes of at least 4 members (excludes halogenated alkanes) is 12. The molecule has 0 saturated carbocycles. The van der Waals surface area contributed by atoms with Gasteiger partial charge in [-0.15, -0.1) is 0 Å². The summed E-state index contributed by atoms with van der Waals surface area (Å²) >= 11 is 0. The van der Waals surface area contributed by atoms with E-state index in [-0.39, 0.29) is 25.2 Å². The van der Waals surface area contributed by atoms with Crippen LogP contribution >= 0.6 is 8.69 Å². The van der Waals surface area contributed by atoms with Gasteiger partial charge in [-0.05, 0) is 25.8 Å². The largest absolute Gasteiger partial charge is 0.462 e. The summed E-state index contributed by atoms with van der Waals surface area (Å²) in [6.07, 6.45) is 15.4. The zero-order valence-electron chi connectivity index (χ0n) is 19.5. The van der Waals surface area contributed by atoms with Gasteiger partial charge in [0.2, 0.25) is 0 Å². The minimum absolute atomic E-state index is 0.0643. The number of carbonyl (C=O) groups excluding carboxylic acids is 2. The molecule has 0 unspecified atom stereocenters. The first-order valence-corrected chi connectivity index (χ1v) is 12.9. The van der Waals surface area contributed by atoms with Gasteiger partial charge in [0.25, 0.3) is 0 Å². The number of rotatable bonds is 23. The number of esters is 2. The van der Waals surface area contributed by atoms with E-state index in [1.165, 1.54) is 38.5 Å². The SMILES string of the molecule is CCCCCCCC(=O)O[C@@H](COP=O)COC(=O)CCCCCCCCCCCN. The lowest BCUT2D eigenvalue weighted by Crippen LogP contribution is -2.28. The van der Waals surface area contributed by atoms with E-state index in [2.05, 4.69) is 6.92 Å². The van der Waals surface area contributed by atoms with E-state index in [1.807, 2.05) is 0 Å². The summed E-state index contributed by atoms with van der Waals surface area (Å²) in [5, 5.41) is 0. The summed E-state index contributed by atoms with van der Waals surface area (Å²) in [6.45, 7) is 2.79. The molecule has 0 aliphatic heterocycles. The molecule has 0 spiro atoms. The van der Waals surface area contributed by atoms with Gasteiger partial charge in [-0.2, -0.15) is 0 Å². The molecule has 0 aliphatic rings. The number of carbonyl (C=O) groups is 2. The van der Waals surface area contributed by atoms with Crippen molar-refractivity contribution in [2.75, 3.05) is 19.8 Å². The molecule has 7 nitrogen and oxygen atoms in total. The van der Waals surface area contributed by atoms with Crippen LogP contribution in [0, 0.1) is 0 Å². The molecular formula is C23H44NO6P. The Labute approximate surface area is 190 Å². The lowest BCUT2D eigenvalue weighted by atomic mass is 10.1. The summed E-state index contributed by atoms with van der Waals surface area (Å²) in [6, 6.07) is 0. The second-order valence-corrected chi connectivity index (χ2v) is 8.46. The Morgan fingerprint density at radius 3 is 1.81 bits per heavy atom. The second kappa shape index (κ2) is 23.6. The molecule has 0 aromatic rings. The van der Waals surface area contributed by atoms with Crippen LogP contribution in [-0.4, -0.2) is 37.8 Å². The Morgan fingerprint density at radius 1 is 0.742 bits per heavy atom. The summed E-state index contributed by atoms with van der Waals surface area (Å²) in [5.41, 5.74) is 5.48. The van der Waals surface area contributed by atoms with Crippen molar-refractivity contribution in [1.29, 1.82) is 0 Å². The zero-order valence-corrected chi connectivity index (χ0v) is 20.4. The fourth-order valence-electron chi connectivity index (χ4n) is 3.26. The van der Waals surface area contributed by atoms with Gasteiger partial charge in [0, 0.05) is 12.8 Å². The van der Waals surface area contributed by atoms with E-state index in [0.29, 0.717) is 12.8 Å². The Kier molecular flexibility index (Phi) is 22.8. The molecule has 0 aromatic carbocycles. The number of ether oxygens (including phenoxy) is 2. The minimum Gasteiger partial charge on any atom is -0.462 e. The number of hydrogen-bond donors (Lipinski definition) is 1. The highest BCUT2D eigenvalue weighted by Crippen LogP contribution is 2.12. The Bertz CT molecular complexity index is 450. The molecule has 0 aromatic heterocycles. The predicted molar refractivity (Wildman–Crippen MR) is 123 cm³/mol. The normalized spacial score (nSPS) is 12.1. The van der Waals surface area contributed by atoms with Crippen molar-refractivity contribution in [3.63, 3.8) is 0 Å². The molecular weight excluding hydrogens is 417 g/mol. The van der Waals surface area contributed by atoms with Gasteiger partial charge in [-0.1, -0.05) is 77.6 Å². The highest BCUT2D eigenvalue weighted by molar-refractivity contribution is 7.17. The second-order valence-electron chi connectivity index (χ2n) is 8.05. The van der Waals surface area contributed by atoms with Gasteiger partial charge in [-0.3, -0.25) is 14.1 Å². The molecule has 0 saturated heterocycles. The molecule has 0 bridgehead atoms. The van der Waals surface area contributed by atoms with Crippen molar-refractivity contribution in [2.24, 2.45) is 5.73 Å². The Morgan fingerprint density at radius 2 is 1.26 bits per heavy atom. The predicted octanol–water partition coefficient (Wildman–Crippen LogP) is 5.88. The van der Waals surface area contributed by atoms with Crippen LogP contribution in [0.5, 0.6) is 0 Å². The average molecular weight is 462 g/mol. The molecule has 0 heterocycles. The fraction of sp³-hybridized carbons (Fsp3) is 0.913. The maximum absolute atomic E-state index is 12.0. The van der Waals surface area contributed by atoms with Crippen LogP contribution in [0.3, 0.4) is 0 Å². The fourth-order valence-corrected chi connectivity index (χ4v) is 3.48. The third-order valence-electron chi connectivity index (χ3n) is 5.11. The maximum atomic E-state index is 12.0. The maximum Gasteiger partial charge on any atom is 0.327 e. The van der Waals surface area contributed by atoms with Crippen molar-refractivity contribution < 1.29 is 28.2 Å². The standard InChI is InChI=1S/C23H44NO6P/c1-2-3-4-10-14-17-23(26)30-21(20-29-31-27)19-28-22(25)16-13-11-8-6-5-7-9-12-15-18-24/h21H,2-20,24H2,1H3/t21-/m1/s1. The first-order chi connectivity index (χ1) is 15.1. The summed E-state index contributed by atoms with van der Waals surface area (Å²) in [5.74, 6) is -0.645. The van der Waals surface area contributed by atoms with E-state index in [0.717, 1.165) is 57.9 Å². The van der Waals surface area contributed by atoms with Crippen LogP contribution in [0.2, 0.25) is 0 Å². The van der Waals surface area contributed by atoms with Crippen LogP contribution in [0.4, 0.5) is 0 Å². The third kappa shape index (κ3) is 22.0. The molecule has 0 aliphatic carbocycles. The van der Waals surface area contributed by atoms with E-state index < -0.39 is 14.8 Å². The quantitative estimate of drug-likeness (QED) is 0.115. The lowest BCUT2D eigenvalue weighted by molar-refractivity contribution is -0.160. The van der Waals surface area contributed by atoms with Crippen LogP contribution in [0.1, 0.15) is 110 Å². The highest BCUT2D eigenvalue weighted by Gasteiger charge is 2.17. The summed E-state index contributed by atoms with van der Waals surface area (Å²) < 4.78 is 25.9. The molecule has 8 heteroatoms. The van der Waals surface area contributed by atoms with Crippen molar-refractivity contribution in [1.82, 2.24) is 0 Å². The van der Waals surface area contributed by atoms with Gasteiger partial charge in [0.05, 0.1) is 0 Å². The Balaban J connectivity index is 3.84. The molecule has 1 atom stereocenters. The highest BCUT2D eigenvalue weighted by atomic mass is 31.1. The lowest BCUT2D eigenvalue weighted by Gasteiger charge is -2.16. The third-order valence-corrected chi connectivity index (χ3v) is 5.37. The van der Waals surface area contributed by atoms with Crippen LogP contribution in [0.25, 0.3) is 0 Å². The molecule has 2 N–H and O–H groups in total. The molecule has 31 heavy (non-hydrogen) atoms. The zero-order chi connectivity index (χ0) is 23.0. The van der Waals surface area contributed by atoms with E-state index in [1.54, 1.807) is 0 Å². The molecule has 0 fully saturated rings. The first-order valence-electron chi connectivity index (χ1n) is 12.1. The molecule has 0 amide bonds. The van der Waals surface area contributed by atoms with Gasteiger partial charge in [-0.25, -0.2) is 4.57 Å². The monoisotopic (exact) mass is 461 g/mol. The molecule has 0 radical (unpaired) electrons. The summed E-state index contributed by atoms with van der Waals surface area (Å²) in [4.78, 5) is 23.9. The van der Waals surface area contributed by atoms with Crippen LogP contribution in [0.15, 0.2) is 0 Å². The van der Waals surface area contributed by atoms with Gasteiger partial charge in [0.15, 0.2) is 6.10 Å².